The molecule has 2 saturated carbocycles. The molecule has 19 heterocycles. The number of rotatable bonds is 1. The van der Waals surface area contributed by atoms with Crippen LogP contribution in [-0.2, 0) is 38.5 Å². The Morgan fingerprint density at radius 1 is 0.479 bits per heavy atom. The van der Waals surface area contributed by atoms with Crippen LogP contribution in [0.3, 0.4) is 0 Å². The summed E-state index contributed by atoms with van der Waals surface area (Å²) in [6, 6.07) is 39.0. The monoisotopic (exact) mass is 938 g/mol. The number of nitrogens with zero attached hydrogens (tertiary/aromatic N) is 4. The maximum atomic E-state index is 9.51. The van der Waals surface area contributed by atoms with Gasteiger partial charge in [-0.15, -0.1) is 0 Å². The van der Waals surface area contributed by atoms with Gasteiger partial charge in [0.05, 0.1) is 17.1 Å². The summed E-state index contributed by atoms with van der Waals surface area (Å²) >= 11 is 0. The smallest absolute Gasteiger partial charge is 0.227 e. The Hall–Kier alpha value is -5.94. The molecule has 4 atom stereocenters. The molecule has 0 spiro atoms. The van der Waals surface area contributed by atoms with Gasteiger partial charge in [0.1, 0.15) is 5.58 Å². The number of furan rings is 1. The second kappa shape index (κ2) is 20.3. The standard InChI is InChI=1S/C66H72N4O/c1-42(2)60-38-63-58-29-27-56(64-59-28-4-43(3)70-66(59)71-65(58)64)25-17-52-34-48-9-5-44-13-21-54(22-14-44)61-30-19-46(39-67-61)7-11-50-33-51(37-53(36-50)18-26-57(60)41-69-63)12-8-47-20-31-62(68-40-47)55-23-15-45(16-24-55)6-10-49(32-48)35-52/h4,13-16,19-24,27-31,38-42,48-53H,5-12,17-18,25-26,32-37H2,1-3H3/i42D. The lowest BCUT2D eigenvalue weighted by Gasteiger charge is -2.36. The Morgan fingerprint density at radius 2 is 0.944 bits per heavy atom. The number of benzene rings is 3. The summed E-state index contributed by atoms with van der Waals surface area (Å²) < 4.78 is 16.3. The average molecular weight is 938 g/mol. The van der Waals surface area contributed by atoms with Gasteiger partial charge in [-0.2, -0.15) is 0 Å². The van der Waals surface area contributed by atoms with E-state index in [2.05, 4.69) is 122 Å². The van der Waals surface area contributed by atoms with E-state index in [9.17, 15) is 1.37 Å². The lowest BCUT2D eigenvalue weighted by atomic mass is 9.70. The van der Waals surface area contributed by atoms with Gasteiger partial charge in [-0.3, -0.25) is 15.0 Å². The molecule has 5 nitrogen and oxygen atoms in total. The average Bonchev–Trinajstić information content (AvgIpc) is 3.78. The summed E-state index contributed by atoms with van der Waals surface area (Å²) in [6.45, 7) is 6.13. The molecule has 14 aliphatic heterocycles. The van der Waals surface area contributed by atoms with E-state index in [0.29, 0.717) is 41.2 Å². The Bertz CT molecular complexity index is 3050. The third kappa shape index (κ3) is 10.3. The third-order valence-electron chi connectivity index (χ3n) is 17.7. The molecule has 9 aliphatic carbocycles. The van der Waals surface area contributed by atoms with Gasteiger partial charge >= 0.3 is 0 Å². The van der Waals surface area contributed by atoms with Crippen molar-refractivity contribution in [3.63, 3.8) is 0 Å². The molecule has 0 N–H and O–H groups in total. The zero-order valence-electron chi connectivity index (χ0n) is 43.4. The van der Waals surface area contributed by atoms with Crippen LogP contribution in [0, 0.1) is 42.4 Å². The van der Waals surface area contributed by atoms with Crippen molar-refractivity contribution in [1.82, 2.24) is 19.9 Å². The molecule has 18 bridgehead atoms. The van der Waals surface area contributed by atoms with Gasteiger partial charge in [0.15, 0.2) is 0 Å². The van der Waals surface area contributed by atoms with E-state index < -0.39 is 5.89 Å². The van der Waals surface area contributed by atoms with Crippen LogP contribution in [0.25, 0.3) is 55.8 Å². The van der Waals surface area contributed by atoms with Crippen molar-refractivity contribution in [3.05, 3.63) is 166 Å². The molecule has 0 amide bonds. The highest BCUT2D eigenvalue weighted by Crippen LogP contribution is 2.44. The summed E-state index contributed by atoms with van der Waals surface area (Å²) in [7, 11) is 0. The predicted octanol–water partition coefficient (Wildman–Crippen LogP) is 16.7. The Labute approximate surface area is 423 Å². The van der Waals surface area contributed by atoms with Crippen molar-refractivity contribution < 1.29 is 5.79 Å². The van der Waals surface area contributed by atoms with Gasteiger partial charge in [-0.05, 0) is 239 Å². The van der Waals surface area contributed by atoms with Crippen LogP contribution >= 0.6 is 0 Å². The van der Waals surface area contributed by atoms with Crippen LogP contribution in [0.4, 0.5) is 0 Å². The van der Waals surface area contributed by atoms with Gasteiger partial charge in [-0.1, -0.05) is 80.6 Å². The van der Waals surface area contributed by atoms with Gasteiger partial charge in [0.25, 0.3) is 0 Å². The fraction of sp³-hybridized carbons (Fsp3) is 0.424. The maximum Gasteiger partial charge on any atom is 0.227 e. The van der Waals surface area contributed by atoms with Crippen molar-refractivity contribution in [2.24, 2.45) is 35.5 Å². The second-order valence-electron chi connectivity index (χ2n) is 23.0. The van der Waals surface area contributed by atoms with Crippen LogP contribution < -0.4 is 0 Å². The molecule has 2 fully saturated rings. The summed E-state index contributed by atoms with van der Waals surface area (Å²) in [5, 5.41) is 2.27. The highest BCUT2D eigenvalue weighted by atomic mass is 16.3. The summed E-state index contributed by atoms with van der Waals surface area (Å²) in [4.78, 5) is 20.3. The van der Waals surface area contributed by atoms with E-state index in [-0.39, 0.29) is 0 Å². The first-order valence-electron chi connectivity index (χ1n) is 28.0. The quantitative estimate of drug-likeness (QED) is 0.164. The number of fused-ring (bicyclic) bond motifs is 1. The molecular weight excluding hydrogens is 865 g/mol. The second-order valence-corrected chi connectivity index (χ2v) is 23.0. The SMILES string of the molecule is [2H]C(C)(C)c1cc2ncc1CCC1CC3CCc4ccc(nc4)-c4ccc(cc4)CCC4CC(CCc5ccc(cc5)-c5ccc(cn5)CCC(C3)C1)CC(CCc1ccc-2c2oc3nc(C)ccc3c12)C4. The van der Waals surface area contributed by atoms with E-state index in [1.54, 1.807) is 0 Å². The van der Waals surface area contributed by atoms with Crippen molar-refractivity contribution >= 4 is 22.1 Å². The zero-order valence-corrected chi connectivity index (χ0v) is 42.4. The highest BCUT2D eigenvalue weighted by molar-refractivity contribution is 6.10. The predicted molar refractivity (Wildman–Crippen MR) is 291 cm³/mol. The fourth-order valence-electron chi connectivity index (χ4n) is 13.8. The first kappa shape index (κ1) is 45.0. The minimum absolute atomic E-state index is 0.617. The number of hydrogen-bond donors (Lipinski definition) is 0. The lowest BCUT2D eigenvalue weighted by Crippen LogP contribution is -2.24. The number of aryl methyl sites for hydroxylation is 7. The van der Waals surface area contributed by atoms with Crippen LogP contribution in [0.1, 0.15) is 143 Å². The fourth-order valence-corrected chi connectivity index (χ4v) is 13.8. The van der Waals surface area contributed by atoms with Crippen LogP contribution in [0.2, 0.25) is 0 Å². The zero-order chi connectivity index (χ0) is 48.8. The Balaban J connectivity index is 0.945. The van der Waals surface area contributed by atoms with E-state index in [4.69, 9.17) is 24.4 Å². The van der Waals surface area contributed by atoms with E-state index in [0.717, 1.165) is 96.2 Å². The largest absolute Gasteiger partial charge is 0.437 e. The molecule has 31 rings (SSSR count). The van der Waals surface area contributed by atoms with E-state index in [1.165, 1.54) is 114 Å². The molecule has 3 aromatic carbocycles. The van der Waals surface area contributed by atoms with Gasteiger partial charge < -0.3 is 4.42 Å². The van der Waals surface area contributed by atoms with Gasteiger partial charge in [0, 0.05) is 53.1 Å². The van der Waals surface area contributed by atoms with Crippen LogP contribution in [0.15, 0.2) is 126 Å². The third-order valence-corrected chi connectivity index (χ3v) is 17.7. The number of pyridine rings is 4. The lowest BCUT2D eigenvalue weighted by molar-refractivity contribution is 0.172. The summed E-state index contributed by atoms with van der Waals surface area (Å²) in [5.41, 5.74) is 18.1. The molecule has 5 heteroatoms. The maximum absolute atomic E-state index is 9.51. The Kier molecular flexibility index (Phi) is 12.8. The van der Waals surface area contributed by atoms with Crippen molar-refractivity contribution in [3.8, 4) is 33.8 Å². The van der Waals surface area contributed by atoms with E-state index in [1.807, 2.05) is 20.8 Å². The summed E-state index contributed by atoms with van der Waals surface area (Å²) in [5.74, 6) is 3.19. The molecule has 5 aromatic heterocycles. The molecule has 23 aliphatic rings. The van der Waals surface area contributed by atoms with Crippen molar-refractivity contribution in [2.75, 3.05) is 0 Å². The molecule has 0 saturated heterocycles. The highest BCUT2D eigenvalue weighted by Gasteiger charge is 2.31. The molecular formula is C66H72N4O. The molecule has 71 heavy (non-hydrogen) atoms. The first-order valence-corrected chi connectivity index (χ1v) is 27.5. The minimum Gasteiger partial charge on any atom is -0.437 e. The molecule has 8 aromatic rings. The number of aromatic nitrogens is 4. The number of hydrogen-bond acceptors (Lipinski definition) is 5. The van der Waals surface area contributed by atoms with Gasteiger partial charge in [0.2, 0.25) is 5.71 Å². The van der Waals surface area contributed by atoms with Crippen LogP contribution in [0.5, 0.6) is 0 Å². The summed E-state index contributed by atoms with van der Waals surface area (Å²) in [6.07, 6.45) is 27.4. The first-order chi connectivity index (χ1) is 35.1. The minimum atomic E-state index is -0.789. The van der Waals surface area contributed by atoms with Crippen LogP contribution in [-0.4, -0.2) is 19.9 Å². The Morgan fingerprint density at radius 3 is 1.44 bits per heavy atom. The van der Waals surface area contributed by atoms with Crippen molar-refractivity contribution in [1.29, 1.82) is 0 Å². The molecule has 0 radical (unpaired) electrons. The molecule has 4 unspecified atom stereocenters. The van der Waals surface area contributed by atoms with Crippen molar-refractivity contribution in [2.45, 2.75) is 142 Å². The van der Waals surface area contributed by atoms with Gasteiger partial charge in [-0.25, -0.2) is 4.98 Å². The topological polar surface area (TPSA) is 64.7 Å². The van der Waals surface area contributed by atoms with E-state index >= 15 is 0 Å². The molecule has 362 valence electrons. The normalized spacial score (nSPS) is 23.5.